The van der Waals surface area contributed by atoms with E-state index in [0.29, 0.717) is 12.0 Å². The van der Waals surface area contributed by atoms with Crippen LogP contribution in [0.15, 0.2) is 42.5 Å². The predicted molar refractivity (Wildman–Crippen MR) is 83.8 cm³/mol. The van der Waals surface area contributed by atoms with Crippen molar-refractivity contribution in [2.24, 2.45) is 5.73 Å². The van der Waals surface area contributed by atoms with Crippen LogP contribution in [0.5, 0.6) is 0 Å². The van der Waals surface area contributed by atoms with Crippen molar-refractivity contribution in [3.63, 3.8) is 0 Å². The molecule has 3 heteroatoms. The number of hydrogen-bond acceptors (Lipinski definition) is 2. The molecule has 2 aromatic carbocycles. The summed E-state index contributed by atoms with van der Waals surface area (Å²) in [4.78, 5) is 0. The fourth-order valence-corrected chi connectivity index (χ4v) is 2.68. The first-order chi connectivity index (χ1) is 10.0. The van der Waals surface area contributed by atoms with Gasteiger partial charge in [0.1, 0.15) is 5.82 Å². The summed E-state index contributed by atoms with van der Waals surface area (Å²) in [6, 6.07) is 12.7. The molecule has 21 heavy (non-hydrogen) atoms. The molecule has 0 saturated heterocycles. The van der Waals surface area contributed by atoms with Gasteiger partial charge in [-0.2, -0.15) is 0 Å². The van der Waals surface area contributed by atoms with Crippen molar-refractivity contribution in [2.75, 3.05) is 13.2 Å². The molecule has 0 aliphatic carbocycles. The molecule has 0 aliphatic rings. The van der Waals surface area contributed by atoms with E-state index in [0.717, 1.165) is 5.56 Å². The van der Waals surface area contributed by atoms with Crippen LogP contribution in [0, 0.1) is 19.7 Å². The Hall–Kier alpha value is -1.71. The van der Waals surface area contributed by atoms with Gasteiger partial charge in [-0.25, -0.2) is 4.39 Å². The Labute approximate surface area is 125 Å². The molecule has 1 unspecified atom stereocenters. The number of aryl methyl sites for hydroxylation is 2. The molecule has 0 heterocycles. The highest BCUT2D eigenvalue weighted by molar-refractivity contribution is 5.35. The van der Waals surface area contributed by atoms with E-state index in [9.17, 15) is 9.50 Å². The quantitative estimate of drug-likeness (QED) is 0.888. The second kappa shape index (κ2) is 6.37. The molecule has 0 saturated carbocycles. The minimum Gasteiger partial charge on any atom is -0.395 e. The molecule has 0 aromatic heterocycles. The molecule has 0 amide bonds. The maximum Gasteiger partial charge on any atom is 0.127 e. The first kappa shape index (κ1) is 15.7. The van der Waals surface area contributed by atoms with Gasteiger partial charge in [-0.05, 0) is 48.6 Å². The Kier molecular flexibility index (Phi) is 4.76. The lowest BCUT2D eigenvalue weighted by molar-refractivity contribution is 0.192. The van der Waals surface area contributed by atoms with Crippen LogP contribution in [-0.2, 0) is 11.8 Å². The molecule has 3 N–H and O–H groups in total. The Bertz CT molecular complexity index is 620. The van der Waals surface area contributed by atoms with Crippen molar-refractivity contribution >= 4 is 0 Å². The first-order valence-corrected chi connectivity index (χ1v) is 7.14. The predicted octanol–water partition coefficient (Wildman–Crippen LogP) is 2.87. The highest BCUT2D eigenvalue weighted by atomic mass is 19.1. The summed E-state index contributed by atoms with van der Waals surface area (Å²) < 4.78 is 14.1. The fourth-order valence-electron chi connectivity index (χ4n) is 2.68. The van der Waals surface area contributed by atoms with Crippen LogP contribution in [0.4, 0.5) is 4.39 Å². The summed E-state index contributed by atoms with van der Waals surface area (Å²) in [5, 5.41) is 9.89. The Morgan fingerprint density at radius 2 is 1.81 bits per heavy atom. The molecule has 2 nitrogen and oxygen atoms in total. The monoisotopic (exact) mass is 287 g/mol. The minimum atomic E-state index is -0.785. The number of benzene rings is 2. The van der Waals surface area contributed by atoms with Gasteiger partial charge < -0.3 is 10.8 Å². The molecule has 2 rings (SSSR count). The van der Waals surface area contributed by atoms with Crippen molar-refractivity contribution in [1.82, 2.24) is 0 Å². The van der Waals surface area contributed by atoms with E-state index in [1.54, 1.807) is 18.2 Å². The largest absolute Gasteiger partial charge is 0.395 e. The molecule has 0 spiro atoms. The zero-order valence-corrected chi connectivity index (χ0v) is 12.6. The van der Waals surface area contributed by atoms with Crippen molar-refractivity contribution < 1.29 is 9.50 Å². The van der Waals surface area contributed by atoms with E-state index < -0.39 is 5.41 Å². The van der Waals surface area contributed by atoms with Gasteiger partial charge in [0.2, 0.25) is 0 Å². The van der Waals surface area contributed by atoms with Crippen molar-refractivity contribution in [1.29, 1.82) is 0 Å². The second-order valence-electron chi connectivity index (χ2n) is 5.72. The Balaban J connectivity index is 2.43. The zero-order valence-electron chi connectivity index (χ0n) is 12.6. The molecule has 0 radical (unpaired) electrons. The first-order valence-electron chi connectivity index (χ1n) is 7.14. The van der Waals surface area contributed by atoms with Crippen LogP contribution in [0.2, 0.25) is 0 Å². The Morgan fingerprint density at radius 1 is 1.10 bits per heavy atom. The highest BCUT2D eigenvalue weighted by Crippen LogP contribution is 2.30. The summed E-state index contributed by atoms with van der Waals surface area (Å²) in [5.74, 6) is -0.319. The van der Waals surface area contributed by atoms with Gasteiger partial charge in [-0.1, -0.05) is 36.4 Å². The normalized spacial score (nSPS) is 14.0. The molecule has 0 bridgehead atoms. The highest BCUT2D eigenvalue weighted by Gasteiger charge is 2.33. The number of halogens is 1. The third kappa shape index (κ3) is 3.14. The molecular weight excluding hydrogens is 265 g/mol. The van der Waals surface area contributed by atoms with Crippen molar-refractivity contribution in [3.05, 3.63) is 70.5 Å². The van der Waals surface area contributed by atoms with Gasteiger partial charge in [-0.3, -0.25) is 0 Å². The van der Waals surface area contributed by atoms with Crippen molar-refractivity contribution in [2.45, 2.75) is 25.7 Å². The number of rotatable bonds is 5. The Morgan fingerprint density at radius 3 is 2.38 bits per heavy atom. The van der Waals surface area contributed by atoms with E-state index in [-0.39, 0.29) is 19.0 Å². The average molecular weight is 287 g/mol. The van der Waals surface area contributed by atoms with Gasteiger partial charge in [0.05, 0.1) is 6.61 Å². The van der Waals surface area contributed by atoms with E-state index in [2.05, 4.69) is 13.0 Å². The molecule has 2 aromatic rings. The summed E-state index contributed by atoms with van der Waals surface area (Å²) >= 11 is 0. The number of aliphatic hydroxyl groups excluding tert-OH is 1. The molecule has 112 valence electrons. The summed E-state index contributed by atoms with van der Waals surface area (Å²) in [6.45, 7) is 4.11. The smallest absolute Gasteiger partial charge is 0.127 e. The molecule has 1 atom stereocenters. The lowest BCUT2D eigenvalue weighted by Crippen LogP contribution is -2.41. The van der Waals surface area contributed by atoms with Gasteiger partial charge in [-0.15, -0.1) is 0 Å². The maximum atomic E-state index is 14.1. The standard InChI is InChI=1S/C18H22FNO/c1-13-7-8-15(9-14(13)2)10-18(11-20,12-21)16-5-3-4-6-17(16)19/h3-9,21H,10-12,20H2,1-2H3. The topological polar surface area (TPSA) is 46.2 Å². The van der Waals surface area contributed by atoms with Crippen LogP contribution in [0.1, 0.15) is 22.3 Å². The van der Waals surface area contributed by atoms with Crippen LogP contribution >= 0.6 is 0 Å². The third-order valence-electron chi connectivity index (χ3n) is 4.25. The lowest BCUT2D eigenvalue weighted by atomic mass is 9.75. The summed E-state index contributed by atoms with van der Waals surface area (Å²) in [7, 11) is 0. The number of nitrogens with two attached hydrogens (primary N) is 1. The zero-order chi connectivity index (χ0) is 15.5. The second-order valence-corrected chi connectivity index (χ2v) is 5.72. The number of hydrogen-bond donors (Lipinski definition) is 2. The van der Waals surface area contributed by atoms with Crippen molar-refractivity contribution in [3.8, 4) is 0 Å². The summed E-state index contributed by atoms with van der Waals surface area (Å²) in [6.07, 6.45) is 0.516. The van der Waals surface area contributed by atoms with Gasteiger partial charge in [0.25, 0.3) is 0 Å². The molecular formula is C18H22FNO. The average Bonchev–Trinajstić information content (AvgIpc) is 2.49. The van der Waals surface area contributed by atoms with E-state index in [1.807, 2.05) is 19.1 Å². The number of aliphatic hydroxyl groups is 1. The van der Waals surface area contributed by atoms with E-state index in [4.69, 9.17) is 5.73 Å². The van der Waals surface area contributed by atoms with Crippen LogP contribution in [-0.4, -0.2) is 18.3 Å². The molecule has 0 fully saturated rings. The SMILES string of the molecule is Cc1ccc(CC(CN)(CO)c2ccccc2F)cc1C. The fraction of sp³-hybridized carbons (Fsp3) is 0.333. The third-order valence-corrected chi connectivity index (χ3v) is 4.25. The maximum absolute atomic E-state index is 14.1. The van der Waals surface area contributed by atoms with Gasteiger partial charge in [0, 0.05) is 12.0 Å². The lowest BCUT2D eigenvalue weighted by Gasteiger charge is -2.31. The summed E-state index contributed by atoms with van der Waals surface area (Å²) in [5.41, 5.74) is 9.06. The van der Waals surface area contributed by atoms with E-state index >= 15 is 0 Å². The van der Waals surface area contributed by atoms with Crippen LogP contribution in [0.25, 0.3) is 0 Å². The van der Waals surface area contributed by atoms with Crippen LogP contribution in [0.3, 0.4) is 0 Å². The minimum absolute atomic E-state index is 0.183. The molecule has 0 aliphatic heterocycles. The van der Waals surface area contributed by atoms with E-state index in [1.165, 1.54) is 17.2 Å². The van der Waals surface area contributed by atoms with Gasteiger partial charge in [0.15, 0.2) is 0 Å². The van der Waals surface area contributed by atoms with Crippen LogP contribution < -0.4 is 5.73 Å². The van der Waals surface area contributed by atoms with Gasteiger partial charge >= 0.3 is 0 Å².